The number of nitrogens with zero attached hydrogens (tertiary/aromatic N) is 1. The number of anilines is 1. The molecule has 1 amide bonds. The monoisotopic (exact) mass is 501 g/mol. The fourth-order valence-electron chi connectivity index (χ4n) is 4.41. The van der Waals surface area contributed by atoms with Crippen molar-refractivity contribution in [2.45, 2.75) is 26.3 Å². The average molecular weight is 502 g/mol. The first-order chi connectivity index (χ1) is 17.8. The first-order valence-corrected chi connectivity index (χ1v) is 11.7. The van der Waals surface area contributed by atoms with Gasteiger partial charge in [-0.3, -0.25) is 19.3 Å². The van der Waals surface area contributed by atoms with E-state index in [4.69, 9.17) is 14.2 Å². The first-order valence-electron chi connectivity index (χ1n) is 11.7. The number of aliphatic hydroxyl groups excluding tert-OH is 1. The SMILES string of the molecule is CCc1ccc(N2C(=O)C(=O)/C(=C(/O)c3c(OC)cccc3OC)C2c2ccc(OC(C)=O)cc2)cc1. The number of ether oxygens (including phenoxy) is 3. The number of amides is 1. The van der Waals surface area contributed by atoms with E-state index in [1.807, 2.05) is 19.1 Å². The Kier molecular flexibility index (Phi) is 7.29. The number of rotatable bonds is 7. The van der Waals surface area contributed by atoms with Gasteiger partial charge < -0.3 is 19.3 Å². The summed E-state index contributed by atoms with van der Waals surface area (Å²) in [5, 5.41) is 11.5. The maximum atomic E-state index is 13.5. The van der Waals surface area contributed by atoms with Gasteiger partial charge in [-0.25, -0.2) is 0 Å². The smallest absolute Gasteiger partial charge is 0.308 e. The first kappa shape index (κ1) is 25.5. The van der Waals surface area contributed by atoms with E-state index in [0.29, 0.717) is 17.0 Å². The maximum absolute atomic E-state index is 13.5. The second kappa shape index (κ2) is 10.6. The number of esters is 1. The van der Waals surface area contributed by atoms with Crippen molar-refractivity contribution in [1.29, 1.82) is 0 Å². The molecular weight excluding hydrogens is 474 g/mol. The van der Waals surface area contributed by atoms with Crippen LogP contribution in [0.3, 0.4) is 0 Å². The van der Waals surface area contributed by atoms with E-state index in [1.54, 1.807) is 54.6 Å². The van der Waals surface area contributed by atoms with Gasteiger partial charge in [0.2, 0.25) is 0 Å². The minimum Gasteiger partial charge on any atom is -0.506 e. The molecule has 0 radical (unpaired) electrons. The van der Waals surface area contributed by atoms with Crippen LogP contribution >= 0.6 is 0 Å². The molecule has 3 aromatic carbocycles. The summed E-state index contributed by atoms with van der Waals surface area (Å²) in [7, 11) is 2.87. The van der Waals surface area contributed by atoms with Gasteiger partial charge in [0.25, 0.3) is 11.7 Å². The van der Waals surface area contributed by atoms with Crippen LogP contribution in [0.4, 0.5) is 5.69 Å². The highest BCUT2D eigenvalue weighted by Crippen LogP contribution is 2.45. The normalized spacial score (nSPS) is 16.5. The largest absolute Gasteiger partial charge is 0.506 e. The fraction of sp³-hybridized carbons (Fsp3) is 0.207. The summed E-state index contributed by atoms with van der Waals surface area (Å²) >= 11 is 0. The van der Waals surface area contributed by atoms with E-state index in [1.165, 1.54) is 26.0 Å². The molecule has 190 valence electrons. The van der Waals surface area contributed by atoms with Crippen LogP contribution in [0.25, 0.3) is 5.76 Å². The van der Waals surface area contributed by atoms with Crippen LogP contribution in [0.15, 0.2) is 72.3 Å². The van der Waals surface area contributed by atoms with Gasteiger partial charge in [-0.1, -0.05) is 37.3 Å². The Bertz CT molecular complexity index is 1350. The van der Waals surface area contributed by atoms with E-state index >= 15 is 0 Å². The Morgan fingerprint density at radius 3 is 2.03 bits per heavy atom. The van der Waals surface area contributed by atoms with Crippen molar-refractivity contribution >= 4 is 29.1 Å². The van der Waals surface area contributed by atoms with Crippen molar-refractivity contribution in [2.75, 3.05) is 19.1 Å². The summed E-state index contributed by atoms with van der Waals surface area (Å²) in [5.41, 5.74) is 2.15. The molecule has 1 unspecified atom stereocenters. The molecule has 0 spiro atoms. The number of aliphatic hydroxyl groups is 1. The van der Waals surface area contributed by atoms with Gasteiger partial charge >= 0.3 is 5.97 Å². The number of benzene rings is 3. The molecule has 1 fully saturated rings. The van der Waals surface area contributed by atoms with Crippen LogP contribution in [0.1, 0.15) is 36.6 Å². The molecule has 1 aliphatic rings. The zero-order chi connectivity index (χ0) is 26.7. The molecule has 8 nitrogen and oxygen atoms in total. The van der Waals surface area contributed by atoms with Gasteiger partial charge in [0.1, 0.15) is 28.6 Å². The van der Waals surface area contributed by atoms with Crippen molar-refractivity contribution in [1.82, 2.24) is 0 Å². The van der Waals surface area contributed by atoms with Crippen LogP contribution in [0.2, 0.25) is 0 Å². The van der Waals surface area contributed by atoms with Crippen molar-refractivity contribution in [2.24, 2.45) is 0 Å². The number of ketones is 1. The van der Waals surface area contributed by atoms with Gasteiger partial charge in [-0.2, -0.15) is 0 Å². The summed E-state index contributed by atoms with van der Waals surface area (Å²) in [6.07, 6.45) is 0.813. The number of carbonyl (C=O) groups excluding carboxylic acids is 3. The van der Waals surface area contributed by atoms with Gasteiger partial charge in [0, 0.05) is 12.6 Å². The lowest BCUT2D eigenvalue weighted by Gasteiger charge is -2.26. The molecule has 0 aromatic heterocycles. The Morgan fingerprint density at radius 1 is 0.919 bits per heavy atom. The molecule has 0 saturated carbocycles. The molecule has 1 heterocycles. The minimum atomic E-state index is -0.964. The number of aryl methyl sites for hydroxylation is 1. The van der Waals surface area contributed by atoms with Gasteiger partial charge in [-0.15, -0.1) is 0 Å². The van der Waals surface area contributed by atoms with Gasteiger partial charge in [0.15, 0.2) is 0 Å². The number of hydrogen-bond donors (Lipinski definition) is 1. The summed E-state index contributed by atoms with van der Waals surface area (Å²) in [5.74, 6) is -1.66. The fourth-order valence-corrected chi connectivity index (χ4v) is 4.41. The van der Waals surface area contributed by atoms with Crippen LogP contribution in [-0.4, -0.2) is 37.0 Å². The minimum absolute atomic E-state index is 0.118. The summed E-state index contributed by atoms with van der Waals surface area (Å²) in [6, 6.07) is 17.7. The third kappa shape index (κ3) is 4.78. The predicted octanol–water partition coefficient (Wildman–Crippen LogP) is 4.82. The molecule has 4 rings (SSSR count). The van der Waals surface area contributed by atoms with Crippen molar-refractivity contribution in [3.63, 3.8) is 0 Å². The van der Waals surface area contributed by atoms with E-state index in [2.05, 4.69) is 0 Å². The lowest BCUT2D eigenvalue weighted by atomic mass is 9.94. The summed E-state index contributed by atoms with van der Waals surface area (Å²) in [4.78, 5) is 39.6. The molecule has 1 atom stereocenters. The van der Waals surface area contributed by atoms with Crippen molar-refractivity contribution < 1.29 is 33.7 Å². The molecule has 37 heavy (non-hydrogen) atoms. The van der Waals surface area contributed by atoms with Crippen LogP contribution < -0.4 is 19.1 Å². The van der Waals surface area contributed by atoms with Gasteiger partial charge in [-0.05, 0) is 53.9 Å². The highest BCUT2D eigenvalue weighted by Gasteiger charge is 2.47. The second-order valence-corrected chi connectivity index (χ2v) is 8.39. The number of carbonyl (C=O) groups is 3. The average Bonchev–Trinajstić information content (AvgIpc) is 3.18. The third-order valence-corrected chi connectivity index (χ3v) is 6.19. The van der Waals surface area contributed by atoms with Gasteiger partial charge in [0.05, 0.1) is 25.8 Å². The quantitative estimate of drug-likeness (QED) is 0.163. The molecular formula is C29H27NO7. The number of methoxy groups -OCH3 is 2. The van der Waals surface area contributed by atoms with E-state index < -0.39 is 29.5 Å². The Hall–Kier alpha value is -4.59. The molecule has 3 aromatic rings. The predicted molar refractivity (Wildman–Crippen MR) is 138 cm³/mol. The summed E-state index contributed by atoms with van der Waals surface area (Å²) < 4.78 is 16.0. The zero-order valence-electron chi connectivity index (χ0n) is 21.0. The Balaban J connectivity index is 1.95. The third-order valence-electron chi connectivity index (χ3n) is 6.19. The van der Waals surface area contributed by atoms with E-state index in [0.717, 1.165) is 12.0 Å². The molecule has 8 heteroatoms. The van der Waals surface area contributed by atoms with Crippen LogP contribution in [0, 0.1) is 0 Å². The molecule has 1 aliphatic heterocycles. The van der Waals surface area contributed by atoms with Crippen LogP contribution in [0.5, 0.6) is 17.2 Å². The lowest BCUT2D eigenvalue weighted by molar-refractivity contribution is -0.132. The lowest BCUT2D eigenvalue weighted by Crippen LogP contribution is -2.29. The Morgan fingerprint density at radius 2 is 1.51 bits per heavy atom. The molecule has 0 aliphatic carbocycles. The second-order valence-electron chi connectivity index (χ2n) is 8.39. The van der Waals surface area contributed by atoms with E-state index in [9.17, 15) is 19.5 Å². The standard InChI is InChI=1S/C29H27NO7/c1-5-18-9-13-20(14-10-18)30-26(19-11-15-21(16-12-19)37-17(2)31)25(28(33)29(30)34)27(32)24-22(35-3)7-6-8-23(24)36-4/h6-16,26,32H,5H2,1-4H3/b27-25+. The zero-order valence-corrected chi connectivity index (χ0v) is 21.0. The van der Waals surface area contributed by atoms with Crippen molar-refractivity contribution in [3.8, 4) is 17.2 Å². The van der Waals surface area contributed by atoms with Crippen molar-refractivity contribution in [3.05, 3.63) is 89.0 Å². The molecule has 1 saturated heterocycles. The topological polar surface area (TPSA) is 102 Å². The number of hydrogen-bond acceptors (Lipinski definition) is 7. The summed E-state index contributed by atoms with van der Waals surface area (Å²) in [6.45, 7) is 3.32. The van der Waals surface area contributed by atoms with Crippen LogP contribution in [-0.2, 0) is 20.8 Å². The van der Waals surface area contributed by atoms with E-state index in [-0.39, 0.29) is 22.6 Å². The molecule has 1 N–H and O–H groups in total. The highest BCUT2D eigenvalue weighted by atomic mass is 16.5. The maximum Gasteiger partial charge on any atom is 0.308 e. The Labute approximate surface area is 214 Å². The molecule has 0 bridgehead atoms. The highest BCUT2D eigenvalue weighted by molar-refractivity contribution is 6.51. The number of Topliss-reactive ketones (excluding diaryl/α,β-unsaturated/α-hetero) is 1.